The van der Waals surface area contributed by atoms with E-state index in [0.717, 1.165) is 55.1 Å². The van der Waals surface area contributed by atoms with Crippen LogP contribution in [0.3, 0.4) is 0 Å². The molecule has 2 aliphatic heterocycles. The topological polar surface area (TPSA) is 79.5 Å². The quantitative estimate of drug-likeness (QED) is 0.883. The van der Waals surface area contributed by atoms with Crippen LogP contribution in [-0.4, -0.2) is 56.9 Å². The van der Waals surface area contributed by atoms with Crippen molar-refractivity contribution in [2.75, 3.05) is 18.2 Å². The predicted molar refractivity (Wildman–Crippen MR) is 96.9 cm³/mol. The molecular formula is C18H24N4O2S. The summed E-state index contributed by atoms with van der Waals surface area (Å²) in [6.45, 7) is 1.43. The van der Waals surface area contributed by atoms with Crippen LogP contribution in [0.1, 0.15) is 41.7 Å². The molecule has 2 amide bonds. The van der Waals surface area contributed by atoms with Gasteiger partial charge >= 0.3 is 0 Å². The second-order valence-corrected chi connectivity index (χ2v) is 8.24. The lowest BCUT2D eigenvalue weighted by Crippen LogP contribution is -2.49. The van der Waals surface area contributed by atoms with E-state index in [-0.39, 0.29) is 23.8 Å². The van der Waals surface area contributed by atoms with Crippen molar-refractivity contribution in [2.24, 2.45) is 11.7 Å². The van der Waals surface area contributed by atoms with Gasteiger partial charge in [-0.15, -0.1) is 11.8 Å². The summed E-state index contributed by atoms with van der Waals surface area (Å²) in [7, 11) is 0. The molecule has 25 heavy (non-hydrogen) atoms. The van der Waals surface area contributed by atoms with Crippen LogP contribution >= 0.6 is 11.8 Å². The summed E-state index contributed by atoms with van der Waals surface area (Å²) >= 11 is 1.79. The van der Waals surface area contributed by atoms with Gasteiger partial charge < -0.3 is 15.5 Å². The Morgan fingerprint density at radius 2 is 2.12 bits per heavy atom. The number of nitrogens with zero attached hydrogens (tertiary/aromatic N) is 3. The van der Waals surface area contributed by atoms with Crippen LogP contribution in [-0.2, 0) is 11.3 Å². The number of hydrogen-bond donors (Lipinski definition) is 1. The first kappa shape index (κ1) is 16.8. The minimum Gasteiger partial charge on any atom is -0.331 e. The van der Waals surface area contributed by atoms with Crippen molar-refractivity contribution in [1.82, 2.24) is 14.8 Å². The van der Waals surface area contributed by atoms with E-state index in [9.17, 15) is 9.59 Å². The Hall–Kier alpha value is -1.60. The fraction of sp³-hybridized carbons (Fsp3) is 0.611. The van der Waals surface area contributed by atoms with Gasteiger partial charge in [-0.25, -0.2) is 0 Å². The number of rotatable bonds is 3. The van der Waals surface area contributed by atoms with Crippen molar-refractivity contribution in [2.45, 2.75) is 44.3 Å². The van der Waals surface area contributed by atoms with Gasteiger partial charge in [-0.05, 0) is 43.7 Å². The van der Waals surface area contributed by atoms with Crippen LogP contribution in [0.2, 0.25) is 0 Å². The molecule has 2 N–H and O–H groups in total. The number of thioether (sulfide) groups is 1. The lowest BCUT2D eigenvalue weighted by atomic mass is 9.81. The van der Waals surface area contributed by atoms with Crippen molar-refractivity contribution < 1.29 is 9.59 Å². The summed E-state index contributed by atoms with van der Waals surface area (Å²) < 4.78 is 0. The molecule has 2 fully saturated rings. The number of carbonyl (C=O) groups excluding carboxylic acids is 2. The molecule has 3 heterocycles. The first-order chi connectivity index (χ1) is 12.1. The average Bonchev–Trinajstić information content (AvgIpc) is 3.30. The molecule has 134 valence electrons. The van der Waals surface area contributed by atoms with Gasteiger partial charge in [-0.1, -0.05) is 0 Å². The molecule has 0 aromatic carbocycles. The smallest absolute Gasteiger partial charge is 0.256 e. The summed E-state index contributed by atoms with van der Waals surface area (Å²) in [5, 5.41) is 0. The molecule has 0 bridgehead atoms. The predicted octanol–water partition coefficient (Wildman–Crippen LogP) is 1.46. The van der Waals surface area contributed by atoms with Crippen LogP contribution in [0.5, 0.6) is 0 Å². The maximum absolute atomic E-state index is 12.6. The lowest BCUT2D eigenvalue weighted by Gasteiger charge is -2.36. The third-order valence-electron chi connectivity index (χ3n) is 5.74. The highest BCUT2D eigenvalue weighted by Gasteiger charge is 2.38. The van der Waals surface area contributed by atoms with E-state index in [1.54, 1.807) is 18.0 Å². The fourth-order valence-corrected chi connectivity index (χ4v) is 5.17. The molecule has 0 unspecified atom stereocenters. The molecule has 1 aromatic heterocycles. The van der Waals surface area contributed by atoms with Crippen molar-refractivity contribution in [3.8, 4) is 0 Å². The van der Waals surface area contributed by atoms with E-state index in [4.69, 9.17) is 5.73 Å². The van der Waals surface area contributed by atoms with Gasteiger partial charge in [-0.3, -0.25) is 14.6 Å². The van der Waals surface area contributed by atoms with E-state index >= 15 is 0 Å². The molecule has 7 heteroatoms. The summed E-state index contributed by atoms with van der Waals surface area (Å²) in [5.41, 5.74) is 7.90. The third kappa shape index (κ3) is 3.15. The normalized spacial score (nSPS) is 27.5. The van der Waals surface area contributed by atoms with E-state index in [2.05, 4.69) is 4.98 Å². The first-order valence-electron chi connectivity index (χ1n) is 9.02. The van der Waals surface area contributed by atoms with Crippen LogP contribution in [0.4, 0.5) is 0 Å². The Labute approximate surface area is 152 Å². The number of aromatic nitrogens is 1. The van der Waals surface area contributed by atoms with Crippen molar-refractivity contribution >= 4 is 23.6 Å². The van der Waals surface area contributed by atoms with E-state index < -0.39 is 6.04 Å². The minimum atomic E-state index is -0.396. The molecule has 4 rings (SSSR count). The SMILES string of the molecule is N[C@H](C(=O)N1CCSC1)C1CCC(N2Cc3ncccc3C2=O)CC1. The fourth-order valence-electron chi connectivity index (χ4n) is 4.21. The van der Waals surface area contributed by atoms with Gasteiger partial charge in [-0.2, -0.15) is 0 Å². The zero-order valence-corrected chi connectivity index (χ0v) is 15.1. The standard InChI is InChI=1S/C18H24N4O2S/c19-16(18(24)21-8-9-25-11-21)12-3-5-13(6-4-12)22-10-15-14(17(22)23)2-1-7-20-15/h1-2,7,12-13,16H,3-6,8-11,19H2/t12?,13?,16-/m0/s1. The Morgan fingerprint density at radius 3 is 2.80 bits per heavy atom. The summed E-state index contributed by atoms with van der Waals surface area (Å²) in [6.07, 6.45) is 5.40. The molecule has 1 aromatic rings. The van der Waals surface area contributed by atoms with Crippen molar-refractivity contribution in [3.05, 3.63) is 29.6 Å². The molecule has 1 aliphatic carbocycles. The Bertz CT molecular complexity index is 669. The number of nitrogens with two attached hydrogens (primary N) is 1. The highest BCUT2D eigenvalue weighted by Crippen LogP contribution is 2.34. The second-order valence-electron chi connectivity index (χ2n) is 7.16. The maximum Gasteiger partial charge on any atom is 0.256 e. The van der Waals surface area contributed by atoms with Gasteiger partial charge in [0.15, 0.2) is 0 Å². The molecular weight excluding hydrogens is 336 g/mol. The van der Waals surface area contributed by atoms with Crippen LogP contribution in [0, 0.1) is 5.92 Å². The van der Waals surface area contributed by atoms with Gasteiger partial charge in [0.05, 0.1) is 29.7 Å². The van der Waals surface area contributed by atoms with E-state index in [1.165, 1.54) is 0 Å². The summed E-state index contributed by atoms with van der Waals surface area (Å²) in [5.74, 6) is 2.21. The number of amides is 2. The number of fused-ring (bicyclic) bond motifs is 1. The molecule has 1 saturated heterocycles. The molecule has 3 aliphatic rings. The Kier molecular flexibility index (Phi) is 4.69. The minimum absolute atomic E-state index is 0.0982. The van der Waals surface area contributed by atoms with Gasteiger partial charge in [0.25, 0.3) is 5.91 Å². The van der Waals surface area contributed by atoms with E-state index in [1.807, 2.05) is 21.9 Å². The lowest BCUT2D eigenvalue weighted by molar-refractivity contribution is -0.132. The highest BCUT2D eigenvalue weighted by molar-refractivity contribution is 7.99. The van der Waals surface area contributed by atoms with E-state index in [0.29, 0.717) is 6.54 Å². The molecule has 1 saturated carbocycles. The first-order valence-corrected chi connectivity index (χ1v) is 10.2. The molecule has 0 spiro atoms. The zero-order chi connectivity index (χ0) is 17.4. The van der Waals surface area contributed by atoms with Crippen molar-refractivity contribution in [1.29, 1.82) is 0 Å². The summed E-state index contributed by atoms with van der Waals surface area (Å²) in [4.78, 5) is 33.3. The molecule has 1 atom stereocenters. The largest absolute Gasteiger partial charge is 0.331 e. The highest BCUT2D eigenvalue weighted by atomic mass is 32.2. The molecule has 6 nitrogen and oxygen atoms in total. The monoisotopic (exact) mass is 360 g/mol. The number of carbonyl (C=O) groups is 2. The van der Waals surface area contributed by atoms with Crippen LogP contribution in [0.15, 0.2) is 18.3 Å². The second kappa shape index (κ2) is 6.96. The zero-order valence-electron chi connectivity index (χ0n) is 14.3. The Morgan fingerprint density at radius 1 is 1.32 bits per heavy atom. The average molecular weight is 360 g/mol. The van der Waals surface area contributed by atoms with Crippen LogP contribution < -0.4 is 5.73 Å². The van der Waals surface area contributed by atoms with Gasteiger partial charge in [0.1, 0.15) is 0 Å². The Balaban J connectivity index is 1.34. The maximum atomic E-state index is 12.6. The number of pyridine rings is 1. The number of hydrogen-bond acceptors (Lipinski definition) is 5. The van der Waals surface area contributed by atoms with Gasteiger partial charge in [0.2, 0.25) is 5.91 Å². The summed E-state index contributed by atoms with van der Waals surface area (Å²) in [6, 6.07) is 3.52. The van der Waals surface area contributed by atoms with Crippen molar-refractivity contribution in [3.63, 3.8) is 0 Å². The third-order valence-corrected chi connectivity index (χ3v) is 6.71. The molecule has 0 radical (unpaired) electrons. The van der Waals surface area contributed by atoms with Gasteiger partial charge in [0, 0.05) is 24.5 Å². The van der Waals surface area contributed by atoms with Crippen LogP contribution in [0.25, 0.3) is 0 Å².